The van der Waals surface area contributed by atoms with E-state index in [2.05, 4.69) is 5.32 Å². The second-order valence-corrected chi connectivity index (χ2v) is 5.27. The van der Waals surface area contributed by atoms with E-state index in [9.17, 15) is 9.59 Å². The summed E-state index contributed by atoms with van der Waals surface area (Å²) < 4.78 is 5.09. The fraction of sp³-hybridized carbons (Fsp3) is 0.222. The molecule has 0 fully saturated rings. The molecule has 0 heterocycles. The van der Waals surface area contributed by atoms with Gasteiger partial charge >= 0.3 is 5.97 Å². The molecule has 2 N–H and O–H groups in total. The van der Waals surface area contributed by atoms with Gasteiger partial charge in [-0.1, -0.05) is 43.3 Å². The average Bonchev–Trinajstić information content (AvgIpc) is 2.54. The quantitative estimate of drug-likeness (QED) is 0.822. The summed E-state index contributed by atoms with van der Waals surface area (Å²) in [6, 6.07) is 16.5. The SMILES string of the molecule is C[C@H](CC(=O)Nc1cccc(OCC(=O)O)c1)c1ccccc1. The van der Waals surface area contributed by atoms with Crippen LogP contribution >= 0.6 is 0 Å². The molecule has 0 radical (unpaired) electrons. The van der Waals surface area contributed by atoms with Gasteiger partial charge in [0.1, 0.15) is 5.75 Å². The highest BCUT2D eigenvalue weighted by molar-refractivity contribution is 5.91. The molecular weight excluding hydrogens is 294 g/mol. The first kappa shape index (κ1) is 16.5. The zero-order chi connectivity index (χ0) is 16.7. The smallest absolute Gasteiger partial charge is 0.341 e. The fourth-order valence-electron chi connectivity index (χ4n) is 2.20. The molecule has 5 heteroatoms. The molecule has 0 aliphatic carbocycles. The molecule has 2 aromatic rings. The van der Waals surface area contributed by atoms with Gasteiger partial charge in [0.2, 0.25) is 5.91 Å². The number of carbonyl (C=O) groups excluding carboxylic acids is 1. The Balaban J connectivity index is 1.92. The first-order valence-corrected chi connectivity index (χ1v) is 7.34. The summed E-state index contributed by atoms with van der Waals surface area (Å²) in [5.74, 6) is -0.628. The van der Waals surface area contributed by atoms with Crippen molar-refractivity contribution in [3.05, 3.63) is 60.2 Å². The number of hydrogen-bond donors (Lipinski definition) is 2. The highest BCUT2D eigenvalue weighted by Crippen LogP contribution is 2.21. The zero-order valence-corrected chi connectivity index (χ0v) is 12.9. The Labute approximate surface area is 134 Å². The Bertz CT molecular complexity index is 670. The first-order chi connectivity index (χ1) is 11.0. The summed E-state index contributed by atoms with van der Waals surface area (Å²) in [5, 5.41) is 11.4. The average molecular weight is 313 g/mol. The van der Waals surface area contributed by atoms with Crippen LogP contribution < -0.4 is 10.1 Å². The Morgan fingerprint density at radius 1 is 1.13 bits per heavy atom. The molecule has 0 aliphatic rings. The third-order valence-electron chi connectivity index (χ3n) is 3.34. The van der Waals surface area contributed by atoms with Gasteiger partial charge in [0, 0.05) is 18.2 Å². The van der Waals surface area contributed by atoms with Crippen molar-refractivity contribution in [2.45, 2.75) is 19.3 Å². The van der Waals surface area contributed by atoms with E-state index in [-0.39, 0.29) is 11.8 Å². The van der Waals surface area contributed by atoms with Crippen LogP contribution in [-0.2, 0) is 9.59 Å². The largest absolute Gasteiger partial charge is 0.482 e. The monoisotopic (exact) mass is 313 g/mol. The molecule has 5 nitrogen and oxygen atoms in total. The summed E-state index contributed by atoms with van der Waals surface area (Å²) in [5.41, 5.74) is 1.69. The Kier molecular flexibility index (Phi) is 5.74. The van der Waals surface area contributed by atoms with Crippen molar-refractivity contribution in [2.75, 3.05) is 11.9 Å². The summed E-state index contributed by atoms with van der Waals surface area (Å²) >= 11 is 0. The van der Waals surface area contributed by atoms with E-state index in [1.165, 1.54) is 0 Å². The van der Waals surface area contributed by atoms with E-state index >= 15 is 0 Å². The Hall–Kier alpha value is -2.82. The second-order valence-electron chi connectivity index (χ2n) is 5.27. The normalized spacial score (nSPS) is 11.5. The number of amides is 1. The van der Waals surface area contributed by atoms with Gasteiger partial charge < -0.3 is 15.2 Å². The lowest BCUT2D eigenvalue weighted by Crippen LogP contribution is -2.14. The maximum Gasteiger partial charge on any atom is 0.341 e. The van der Waals surface area contributed by atoms with E-state index in [0.29, 0.717) is 17.9 Å². The van der Waals surface area contributed by atoms with Crippen LogP contribution in [0.5, 0.6) is 5.75 Å². The predicted octanol–water partition coefficient (Wildman–Crippen LogP) is 3.28. The lowest BCUT2D eigenvalue weighted by Gasteiger charge is -2.12. The number of benzene rings is 2. The molecule has 0 aromatic heterocycles. The minimum Gasteiger partial charge on any atom is -0.482 e. The summed E-state index contributed by atoms with van der Waals surface area (Å²) in [4.78, 5) is 22.6. The molecule has 0 spiro atoms. The Morgan fingerprint density at radius 3 is 2.57 bits per heavy atom. The van der Waals surface area contributed by atoms with Crippen LogP contribution in [0.25, 0.3) is 0 Å². The van der Waals surface area contributed by atoms with E-state index in [4.69, 9.17) is 9.84 Å². The summed E-state index contributed by atoms with van der Waals surface area (Å²) in [7, 11) is 0. The van der Waals surface area contributed by atoms with Crippen LogP contribution in [0.2, 0.25) is 0 Å². The van der Waals surface area contributed by atoms with Gasteiger partial charge in [0.25, 0.3) is 0 Å². The molecular formula is C18H19NO4. The van der Waals surface area contributed by atoms with Crippen molar-refractivity contribution in [1.29, 1.82) is 0 Å². The molecule has 2 aromatic carbocycles. The van der Waals surface area contributed by atoms with Crippen LogP contribution in [-0.4, -0.2) is 23.6 Å². The summed E-state index contributed by atoms with van der Waals surface area (Å²) in [6.45, 7) is 1.59. The van der Waals surface area contributed by atoms with Crippen LogP contribution in [0.3, 0.4) is 0 Å². The van der Waals surface area contributed by atoms with Gasteiger partial charge in [0.15, 0.2) is 6.61 Å². The van der Waals surface area contributed by atoms with Gasteiger partial charge in [-0.15, -0.1) is 0 Å². The van der Waals surface area contributed by atoms with Crippen molar-refractivity contribution in [1.82, 2.24) is 0 Å². The molecule has 0 aliphatic heterocycles. The number of aliphatic carboxylic acids is 1. The molecule has 0 saturated carbocycles. The number of carboxylic acids is 1. The number of nitrogens with one attached hydrogen (secondary N) is 1. The van der Waals surface area contributed by atoms with Crippen molar-refractivity contribution < 1.29 is 19.4 Å². The fourth-order valence-corrected chi connectivity index (χ4v) is 2.20. The number of ether oxygens (including phenoxy) is 1. The van der Waals surface area contributed by atoms with Gasteiger partial charge in [-0.25, -0.2) is 4.79 Å². The zero-order valence-electron chi connectivity index (χ0n) is 12.9. The molecule has 120 valence electrons. The molecule has 0 bridgehead atoms. The minimum absolute atomic E-state index is 0.100. The molecule has 0 saturated heterocycles. The van der Waals surface area contributed by atoms with Gasteiger partial charge in [-0.05, 0) is 23.6 Å². The Morgan fingerprint density at radius 2 is 1.87 bits per heavy atom. The molecule has 1 atom stereocenters. The molecule has 2 rings (SSSR count). The number of carboxylic acid groups (broad SMARTS) is 1. The third-order valence-corrected chi connectivity index (χ3v) is 3.34. The van der Waals surface area contributed by atoms with Crippen molar-refractivity contribution >= 4 is 17.6 Å². The maximum atomic E-state index is 12.1. The van der Waals surface area contributed by atoms with Crippen LogP contribution in [0, 0.1) is 0 Å². The minimum atomic E-state index is -1.05. The van der Waals surface area contributed by atoms with Gasteiger partial charge in [0.05, 0.1) is 0 Å². The van der Waals surface area contributed by atoms with Crippen LogP contribution in [0.15, 0.2) is 54.6 Å². The predicted molar refractivity (Wildman–Crippen MR) is 87.7 cm³/mol. The van der Waals surface area contributed by atoms with E-state index in [1.807, 2.05) is 37.3 Å². The van der Waals surface area contributed by atoms with E-state index in [1.54, 1.807) is 24.3 Å². The number of carbonyl (C=O) groups is 2. The van der Waals surface area contributed by atoms with E-state index in [0.717, 1.165) is 5.56 Å². The lowest BCUT2D eigenvalue weighted by molar-refractivity contribution is -0.139. The van der Waals surface area contributed by atoms with Crippen molar-refractivity contribution in [2.24, 2.45) is 0 Å². The molecule has 1 amide bonds. The van der Waals surface area contributed by atoms with Crippen molar-refractivity contribution in [3.8, 4) is 5.75 Å². The second kappa shape index (κ2) is 7.98. The maximum absolute atomic E-state index is 12.1. The van der Waals surface area contributed by atoms with Gasteiger partial charge in [-0.2, -0.15) is 0 Å². The number of hydrogen-bond acceptors (Lipinski definition) is 3. The molecule has 23 heavy (non-hydrogen) atoms. The van der Waals surface area contributed by atoms with Crippen LogP contribution in [0.1, 0.15) is 24.8 Å². The lowest BCUT2D eigenvalue weighted by atomic mass is 9.97. The summed E-state index contributed by atoms with van der Waals surface area (Å²) in [6.07, 6.45) is 0.365. The first-order valence-electron chi connectivity index (χ1n) is 7.34. The van der Waals surface area contributed by atoms with Gasteiger partial charge in [-0.3, -0.25) is 4.79 Å². The highest BCUT2D eigenvalue weighted by atomic mass is 16.5. The topological polar surface area (TPSA) is 75.6 Å². The molecule has 0 unspecified atom stereocenters. The van der Waals surface area contributed by atoms with Crippen LogP contribution in [0.4, 0.5) is 5.69 Å². The standard InChI is InChI=1S/C18H19NO4/c1-13(14-6-3-2-4-7-14)10-17(20)19-15-8-5-9-16(11-15)23-12-18(21)22/h2-9,11,13H,10,12H2,1H3,(H,19,20)(H,21,22)/t13-/m1/s1. The van der Waals surface area contributed by atoms with Crippen molar-refractivity contribution in [3.63, 3.8) is 0 Å². The third kappa shape index (κ3) is 5.47. The highest BCUT2D eigenvalue weighted by Gasteiger charge is 2.11. The van der Waals surface area contributed by atoms with E-state index < -0.39 is 12.6 Å². The number of anilines is 1. The number of rotatable bonds is 7.